The van der Waals surface area contributed by atoms with E-state index in [4.69, 9.17) is 16.3 Å². The second-order valence-corrected chi connectivity index (χ2v) is 4.01. The number of nitrogens with zero attached hydrogens (tertiary/aromatic N) is 2. The van der Waals surface area contributed by atoms with Gasteiger partial charge in [0.1, 0.15) is 0 Å². The van der Waals surface area contributed by atoms with E-state index in [1.54, 1.807) is 6.20 Å². The molecule has 0 bridgehead atoms. The molecule has 1 aromatic rings. The zero-order chi connectivity index (χ0) is 11.6. The van der Waals surface area contributed by atoms with Crippen molar-refractivity contribution < 1.29 is 4.74 Å². The van der Waals surface area contributed by atoms with Crippen LogP contribution in [0.25, 0.3) is 0 Å². The molecule has 0 atom stereocenters. The summed E-state index contributed by atoms with van der Waals surface area (Å²) in [5.74, 6) is 0. The van der Waals surface area contributed by atoms with Gasteiger partial charge in [0.25, 0.3) is 0 Å². The van der Waals surface area contributed by atoms with Crippen LogP contribution in [0.3, 0.4) is 0 Å². The first-order valence-corrected chi connectivity index (χ1v) is 6.17. The summed E-state index contributed by atoms with van der Waals surface area (Å²) in [5.41, 5.74) is 0. The molecule has 0 aromatic carbocycles. The normalized spacial score (nSPS) is 10.9. The standard InChI is InChI=1S/C11H20ClN3O/c1-2-16-8-4-3-5-13-6-7-15-10-11(12)9-14-15/h9-10,13H,2-8H2,1H3. The molecule has 0 fully saturated rings. The van der Waals surface area contributed by atoms with Gasteiger partial charge >= 0.3 is 0 Å². The van der Waals surface area contributed by atoms with Crippen LogP contribution in [0.4, 0.5) is 0 Å². The fourth-order valence-corrected chi connectivity index (χ4v) is 1.53. The Balaban J connectivity index is 1.88. The molecule has 0 aliphatic rings. The Morgan fingerprint density at radius 2 is 2.31 bits per heavy atom. The van der Waals surface area contributed by atoms with Crippen molar-refractivity contribution in [1.82, 2.24) is 15.1 Å². The van der Waals surface area contributed by atoms with E-state index in [0.29, 0.717) is 5.02 Å². The van der Waals surface area contributed by atoms with Gasteiger partial charge in [0.15, 0.2) is 0 Å². The molecule has 0 spiro atoms. The third-order valence-corrected chi connectivity index (χ3v) is 2.41. The van der Waals surface area contributed by atoms with Crippen LogP contribution in [0.5, 0.6) is 0 Å². The summed E-state index contributed by atoms with van der Waals surface area (Å²) in [5, 5.41) is 8.15. The van der Waals surface area contributed by atoms with Crippen molar-refractivity contribution in [3.05, 3.63) is 17.4 Å². The van der Waals surface area contributed by atoms with Crippen LogP contribution in [0, 0.1) is 0 Å². The van der Waals surface area contributed by atoms with Gasteiger partial charge in [-0.05, 0) is 26.3 Å². The molecule has 16 heavy (non-hydrogen) atoms. The number of unbranched alkanes of at least 4 members (excludes halogenated alkanes) is 1. The maximum atomic E-state index is 5.75. The number of hydrogen-bond donors (Lipinski definition) is 1. The summed E-state index contributed by atoms with van der Waals surface area (Å²) in [6.45, 7) is 6.51. The minimum atomic E-state index is 0.691. The van der Waals surface area contributed by atoms with Gasteiger partial charge < -0.3 is 10.1 Å². The third-order valence-electron chi connectivity index (χ3n) is 2.22. The molecule has 0 unspecified atom stereocenters. The van der Waals surface area contributed by atoms with E-state index in [2.05, 4.69) is 10.4 Å². The van der Waals surface area contributed by atoms with Crippen LogP contribution in [0.1, 0.15) is 19.8 Å². The fraction of sp³-hybridized carbons (Fsp3) is 0.727. The minimum absolute atomic E-state index is 0.691. The predicted octanol–water partition coefficient (Wildman–Crippen LogP) is 1.94. The number of nitrogens with one attached hydrogen (secondary N) is 1. The topological polar surface area (TPSA) is 39.1 Å². The maximum Gasteiger partial charge on any atom is 0.0785 e. The summed E-state index contributed by atoms with van der Waals surface area (Å²) >= 11 is 5.75. The molecule has 1 heterocycles. The lowest BCUT2D eigenvalue weighted by Gasteiger charge is -2.05. The Morgan fingerprint density at radius 1 is 1.44 bits per heavy atom. The van der Waals surface area contributed by atoms with Crippen molar-refractivity contribution in [2.45, 2.75) is 26.3 Å². The first-order valence-electron chi connectivity index (χ1n) is 5.79. The SMILES string of the molecule is CCOCCCCNCCn1cc(Cl)cn1. The van der Waals surface area contributed by atoms with E-state index in [0.717, 1.165) is 45.7 Å². The van der Waals surface area contributed by atoms with Crippen molar-refractivity contribution in [3.8, 4) is 0 Å². The van der Waals surface area contributed by atoms with Gasteiger partial charge in [-0.25, -0.2) is 0 Å². The van der Waals surface area contributed by atoms with Crippen LogP contribution >= 0.6 is 11.6 Å². The molecule has 0 saturated carbocycles. The van der Waals surface area contributed by atoms with Gasteiger partial charge in [-0.3, -0.25) is 4.68 Å². The molecular weight excluding hydrogens is 226 g/mol. The number of rotatable bonds is 9. The molecule has 0 saturated heterocycles. The zero-order valence-corrected chi connectivity index (χ0v) is 10.5. The van der Waals surface area contributed by atoms with Gasteiger partial charge in [-0.1, -0.05) is 11.6 Å². The first-order chi connectivity index (χ1) is 7.83. The summed E-state index contributed by atoms with van der Waals surface area (Å²) in [7, 11) is 0. The maximum absolute atomic E-state index is 5.75. The van der Waals surface area contributed by atoms with E-state index in [1.807, 2.05) is 17.8 Å². The van der Waals surface area contributed by atoms with Crippen LogP contribution in [-0.2, 0) is 11.3 Å². The lowest BCUT2D eigenvalue weighted by Crippen LogP contribution is -2.21. The molecule has 0 amide bonds. The molecule has 1 N–H and O–H groups in total. The lowest BCUT2D eigenvalue weighted by molar-refractivity contribution is 0.143. The van der Waals surface area contributed by atoms with Crippen LogP contribution in [0.2, 0.25) is 5.02 Å². The molecule has 0 radical (unpaired) electrons. The molecule has 5 heteroatoms. The molecule has 92 valence electrons. The molecule has 0 aliphatic carbocycles. The lowest BCUT2D eigenvalue weighted by atomic mass is 10.3. The zero-order valence-electron chi connectivity index (χ0n) is 9.79. The molecule has 0 aliphatic heterocycles. The second-order valence-electron chi connectivity index (χ2n) is 3.58. The molecular formula is C11H20ClN3O. The van der Waals surface area contributed by atoms with E-state index >= 15 is 0 Å². The van der Waals surface area contributed by atoms with Gasteiger partial charge in [0.2, 0.25) is 0 Å². The van der Waals surface area contributed by atoms with Gasteiger partial charge in [0, 0.05) is 26.0 Å². The van der Waals surface area contributed by atoms with Gasteiger partial charge in [0.05, 0.1) is 17.8 Å². The van der Waals surface area contributed by atoms with E-state index < -0.39 is 0 Å². The monoisotopic (exact) mass is 245 g/mol. The fourth-order valence-electron chi connectivity index (χ4n) is 1.38. The van der Waals surface area contributed by atoms with Gasteiger partial charge in [-0.2, -0.15) is 5.10 Å². The van der Waals surface area contributed by atoms with Gasteiger partial charge in [-0.15, -0.1) is 0 Å². The number of aromatic nitrogens is 2. The highest BCUT2D eigenvalue weighted by Gasteiger charge is 1.94. The van der Waals surface area contributed by atoms with Crippen molar-refractivity contribution in [2.75, 3.05) is 26.3 Å². The van der Waals surface area contributed by atoms with Crippen LogP contribution in [-0.4, -0.2) is 36.1 Å². The van der Waals surface area contributed by atoms with E-state index in [1.165, 1.54) is 0 Å². The predicted molar refractivity (Wildman–Crippen MR) is 65.8 cm³/mol. The molecule has 4 nitrogen and oxygen atoms in total. The van der Waals surface area contributed by atoms with Crippen molar-refractivity contribution >= 4 is 11.6 Å². The van der Waals surface area contributed by atoms with Crippen LogP contribution < -0.4 is 5.32 Å². The Labute approximate surface area is 102 Å². The van der Waals surface area contributed by atoms with Crippen LogP contribution in [0.15, 0.2) is 12.4 Å². The smallest absolute Gasteiger partial charge is 0.0785 e. The van der Waals surface area contributed by atoms with E-state index in [9.17, 15) is 0 Å². The van der Waals surface area contributed by atoms with Crippen molar-refractivity contribution in [2.24, 2.45) is 0 Å². The number of hydrogen-bond acceptors (Lipinski definition) is 3. The number of ether oxygens (including phenoxy) is 1. The van der Waals surface area contributed by atoms with Crippen molar-refractivity contribution in [1.29, 1.82) is 0 Å². The number of halogens is 1. The minimum Gasteiger partial charge on any atom is -0.382 e. The Morgan fingerprint density at radius 3 is 3.00 bits per heavy atom. The molecule has 1 aromatic heterocycles. The Kier molecular flexibility index (Phi) is 7.21. The Bertz CT molecular complexity index is 278. The average Bonchev–Trinajstić information content (AvgIpc) is 2.68. The third kappa shape index (κ3) is 6.10. The van der Waals surface area contributed by atoms with E-state index in [-0.39, 0.29) is 0 Å². The first kappa shape index (κ1) is 13.5. The highest BCUT2D eigenvalue weighted by atomic mass is 35.5. The summed E-state index contributed by atoms with van der Waals surface area (Å²) in [4.78, 5) is 0. The second kappa shape index (κ2) is 8.56. The average molecular weight is 246 g/mol. The highest BCUT2D eigenvalue weighted by molar-refractivity contribution is 6.30. The largest absolute Gasteiger partial charge is 0.382 e. The highest BCUT2D eigenvalue weighted by Crippen LogP contribution is 2.03. The van der Waals surface area contributed by atoms with Crippen molar-refractivity contribution in [3.63, 3.8) is 0 Å². The quantitative estimate of drug-likeness (QED) is 0.676. The Hall–Kier alpha value is -0.580. The summed E-state index contributed by atoms with van der Waals surface area (Å²) in [6.07, 6.45) is 5.76. The summed E-state index contributed by atoms with van der Waals surface area (Å²) in [6, 6.07) is 0. The molecule has 1 rings (SSSR count). The summed E-state index contributed by atoms with van der Waals surface area (Å²) < 4.78 is 7.10.